The molecule has 3 rings (SSSR count). The second-order valence-corrected chi connectivity index (χ2v) is 9.45. The van der Waals surface area contributed by atoms with Gasteiger partial charge in [0, 0.05) is 6.54 Å². The Morgan fingerprint density at radius 1 is 1.13 bits per heavy atom. The van der Waals surface area contributed by atoms with Crippen LogP contribution in [0, 0.1) is 0 Å². The molecule has 0 atom stereocenters. The fourth-order valence-electron chi connectivity index (χ4n) is 2.88. The standard InChI is InChI=1S/C20H23N5O4S2/c1-3-24-18(13-25(31(2,28)29)15-9-5-4-6-10-15)22-23-20(24)30-14-19(27)21-16-11-7-8-12-17(16)26/h4-12,26H,3,13-14H2,1-2H3,(H,21,27). The van der Waals surface area contributed by atoms with E-state index in [1.54, 1.807) is 47.0 Å². The maximum absolute atomic E-state index is 12.3. The van der Waals surface area contributed by atoms with Gasteiger partial charge in [-0.15, -0.1) is 10.2 Å². The molecule has 0 fully saturated rings. The Labute approximate surface area is 185 Å². The fraction of sp³-hybridized carbons (Fsp3) is 0.250. The number of nitrogens with one attached hydrogen (secondary N) is 1. The van der Waals surface area contributed by atoms with E-state index in [2.05, 4.69) is 15.5 Å². The molecule has 0 unspecified atom stereocenters. The second-order valence-electron chi connectivity index (χ2n) is 6.60. The minimum atomic E-state index is -3.54. The van der Waals surface area contributed by atoms with E-state index >= 15 is 0 Å². The van der Waals surface area contributed by atoms with E-state index in [9.17, 15) is 18.3 Å². The summed E-state index contributed by atoms with van der Waals surface area (Å²) in [7, 11) is -3.54. The Bertz CT molecular complexity index is 1150. The third-order valence-corrected chi connectivity index (χ3v) is 6.46. The van der Waals surface area contributed by atoms with E-state index in [0.717, 1.165) is 6.26 Å². The van der Waals surface area contributed by atoms with Crippen molar-refractivity contribution in [3.05, 3.63) is 60.4 Å². The number of carbonyl (C=O) groups is 1. The van der Waals surface area contributed by atoms with Gasteiger partial charge in [-0.25, -0.2) is 8.42 Å². The van der Waals surface area contributed by atoms with Crippen LogP contribution in [0.4, 0.5) is 11.4 Å². The van der Waals surface area contributed by atoms with Gasteiger partial charge in [0.05, 0.1) is 29.9 Å². The first-order chi connectivity index (χ1) is 14.8. The molecule has 31 heavy (non-hydrogen) atoms. The lowest BCUT2D eigenvalue weighted by Crippen LogP contribution is -2.30. The van der Waals surface area contributed by atoms with Crippen LogP contribution in [0.1, 0.15) is 12.7 Å². The zero-order valence-electron chi connectivity index (χ0n) is 17.1. The normalized spacial score (nSPS) is 11.3. The number of benzene rings is 2. The third kappa shape index (κ3) is 5.76. The number of anilines is 2. The number of phenolic OH excluding ortho intramolecular Hbond substituents is 1. The van der Waals surface area contributed by atoms with Crippen molar-refractivity contribution in [2.75, 3.05) is 21.6 Å². The van der Waals surface area contributed by atoms with Gasteiger partial charge in [-0.1, -0.05) is 42.1 Å². The molecule has 164 valence electrons. The van der Waals surface area contributed by atoms with Gasteiger partial charge in [-0.05, 0) is 31.2 Å². The maximum Gasteiger partial charge on any atom is 0.234 e. The van der Waals surface area contributed by atoms with E-state index in [1.807, 2.05) is 13.0 Å². The first-order valence-electron chi connectivity index (χ1n) is 9.45. The summed E-state index contributed by atoms with van der Waals surface area (Å²) in [4.78, 5) is 12.3. The smallest absolute Gasteiger partial charge is 0.234 e. The number of amides is 1. The molecule has 2 aromatic carbocycles. The highest BCUT2D eigenvalue weighted by atomic mass is 32.2. The van der Waals surface area contributed by atoms with Crippen LogP contribution in [-0.2, 0) is 27.9 Å². The summed E-state index contributed by atoms with van der Waals surface area (Å²) >= 11 is 1.18. The van der Waals surface area contributed by atoms with Crippen molar-refractivity contribution in [1.82, 2.24) is 14.8 Å². The summed E-state index contributed by atoms with van der Waals surface area (Å²) in [5.41, 5.74) is 0.865. The van der Waals surface area contributed by atoms with Crippen LogP contribution in [0.2, 0.25) is 0 Å². The highest BCUT2D eigenvalue weighted by molar-refractivity contribution is 7.99. The van der Waals surface area contributed by atoms with Gasteiger partial charge in [0.1, 0.15) is 5.75 Å². The Kier molecular flexibility index (Phi) is 7.18. The van der Waals surface area contributed by atoms with Crippen molar-refractivity contribution in [3.8, 4) is 5.75 Å². The molecule has 2 N–H and O–H groups in total. The molecule has 9 nitrogen and oxygen atoms in total. The Hall–Kier alpha value is -3.05. The molecule has 3 aromatic rings. The van der Waals surface area contributed by atoms with Crippen molar-refractivity contribution < 1.29 is 18.3 Å². The van der Waals surface area contributed by atoms with Crippen LogP contribution in [0.15, 0.2) is 59.8 Å². The molecule has 0 aliphatic heterocycles. The number of para-hydroxylation sites is 3. The number of aromatic hydroxyl groups is 1. The zero-order chi connectivity index (χ0) is 22.4. The summed E-state index contributed by atoms with van der Waals surface area (Å²) in [6, 6.07) is 15.2. The Morgan fingerprint density at radius 2 is 1.81 bits per heavy atom. The molecule has 0 aliphatic carbocycles. The van der Waals surface area contributed by atoms with Crippen molar-refractivity contribution in [2.45, 2.75) is 25.2 Å². The van der Waals surface area contributed by atoms with Crippen LogP contribution < -0.4 is 9.62 Å². The van der Waals surface area contributed by atoms with E-state index in [0.29, 0.717) is 28.9 Å². The average Bonchev–Trinajstić information content (AvgIpc) is 3.13. The molecule has 1 heterocycles. The molecule has 0 bridgehead atoms. The number of phenols is 1. The molecule has 0 spiro atoms. The number of nitrogens with zero attached hydrogens (tertiary/aromatic N) is 4. The summed E-state index contributed by atoms with van der Waals surface area (Å²) in [5.74, 6) is 0.212. The highest BCUT2D eigenvalue weighted by Crippen LogP contribution is 2.24. The highest BCUT2D eigenvalue weighted by Gasteiger charge is 2.22. The van der Waals surface area contributed by atoms with Crippen molar-refractivity contribution >= 4 is 39.1 Å². The molecule has 1 amide bonds. The summed E-state index contributed by atoms with van der Waals surface area (Å²) in [6.07, 6.45) is 1.14. The predicted octanol–water partition coefficient (Wildman–Crippen LogP) is 2.70. The third-order valence-electron chi connectivity index (χ3n) is 4.35. The number of aromatic nitrogens is 3. The lowest BCUT2D eigenvalue weighted by atomic mass is 10.3. The molecule has 0 radical (unpaired) electrons. The van der Waals surface area contributed by atoms with Gasteiger partial charge in [-0.2, -0.15) is 0 Å². The van der Waals surface area contributed by atoms with Gasteiger partial charge in [0.25, 0.3) is 0 Å². The lowest BCUT2D eigenvalue weighted by Gasteiger charge is -2.22. The van der Waals surface area contributed by atoms with Crippen LogP contribution >= 0.6 is 11.8 Å². The van der Waals surface area contributed by atoms with Crippen molar-refractivity contribution in [3.63, 3.8) is 0 Å². The molecule has 0 saturated carbocycles. The number of carbonyl (C=O) groups excluding carboxylic acids is 1. The lowest BCUT2D eigenvalue weighted by molar-refractivity contribution is -0.113. The monoisotopic (exact) mass is 461 g/mol. The minimum Gasteiger partial charge on any atom is -0.506 e. The number of rotatable bonds is 9. The summed E-state index contributed by atoms with van der Waals surface area (Å²) < 4.78 is 27.7. The summed E-state index contributed by atoms with van der Waals surface area (Å²) in [6.45, 7) is 2.43. The van der Waals surface area contributed by atoms with E-state index in [4.69, 9.17) is 0 Å². The van der Waals surface area contributed by atoms with Crippen LogP contribution in [0.3, 0.4) is 0 Å². The summed E-state index contributed by atoms with van der Waals surface area (Å²) in [5, 5.41) is 21.2. The molecule has 0 saturated heterocycles. The predicted molar refractivity (Wildman–Crippen MR) is 121 cm³/mol. The second kappa shape index (κ2) is 9.84. The fourth-order valence-corrected chi connectivity index (χ4v) is 4.55. The molecular weight excluding hydrogens is 438 g/mol. The van der Waals surface area contributed by atoms with Crippen molar-refractivity contribution in [2.24, 2.45) is 0 Å². The van der Waals surface area contributed by atoms with E-state index < -0.39 is 10.0 Å². The molecule has 1 aromatic heterocycles. The SMILES string of the molecule is CCn1c(CN(c2ccccc2)S(C)(=O)=O)nnc1SCC(=O)Nc1ccccc1O. The largest absolute Gasteiger partial charge is 0.506 e. The molecule has 11 heteroatoms. The van der Waals surface area contributed by atoms with Crippen LogP contribution in [0.25, 0.3) is 0 Å². The van der Waals surface area contributed by atoms with Gasteiger partial charge < -0.3 is 15.0 Å². The quantitative estimate of drug-likeness (QED) is 0.372. The average molecular weight is 462 g/mol. The van der Waals surface area contributed by atoms with Gasteiger partial charge in [-0.3, -0.25) is 9.10 Å². The Morgan fingerprint density at radius 3 is 2.45 bits per heavy atom. The van der Waals surface area contributed by atoms with Crippen molar-refractivity contribution in [1.29, 1.82) is 0 Å². The molecule has 0 aliphatic rings. The minimum absolute atomic E-state index is 0.0124. The number of hydrogen-bond donors (Lipinski definition) is 2. The topological polar surface area (TPSA) is 117 Å². The maximum atomic E-state index is 12.3. The first-order valence-corrected chi connectivity index (χ1v) is 12.3. The van der Waals surface area contributed by atoms with E-state index in [1.165, 1.54) is 22.1 Å². The first kappa shape index (κ1) is 22.6. The number of hydrogen-bond acceptors (Lipinski definition) is 7. The van der Waals surface area contributed by atoms with Crippen LogP contribution in [0.5, 0.6) is 5.75 Å². The number of thioether (sulfide) groups is 1. The molecular formula is C20H23N5O4S2. The number of sulfonamides is 1. The van der Waals surface area contributed by atoms with E-state index in [-0.39, 0.29) is 24.0 Å². The zero-order valence-corrected chi connectivity index (χ0v) is 18.7. The van der Waals surface area contributed by atoms with Gasteiger partial charge in [0.15, 0.2) is 11.0 Å². The van der Waals surface area contributed by atoms with Gasteiger partial charge >= 0.3 is 0 Å². The van der Waals surface area contributed by atoms with Crippen LogP contribution in [-0.4, -0.2) is 46.2 Å². The Balaban J connectivity index is 1.73. The van der Waals surface area contributed by atoms with Gasteiger partial charge in [0.2, 0.25) is 15.9 Å².